The van der Waals surface area contributed by atoms with Crippen LogP contribution in [0.5, 0.6) is 0 Å². The molecule has 92 valence electrons. The molecule has 1 aliphatic carbocycles. The average molecular weight is 234 g/mol. The minimum Gasteiger partial charge on any atom is -0.481 e. The number of rotatable bonds is 3. The lowest BCUT2D eigenvalue weighted by Crippen LogP contribution is -2.39. The average Bonchev–Trinajstić information content (AvgIpc) is 2.27. The number of carboxylic acids is 1. The van der Waals surface area contributed by atoms with Crippen molar-refractivity contribution in [2.45, 2.75) is 38.7 Å². The summed E-state index contributed by atoms with van der Waals surface area (Å²) in [4.78, 5) is 11.5. The van der Waals surface area contributed by atoms with Crippen molar-refractivity contribution in [3.05, 3.63) is 35.4 Å². The minimum atomic E-state index is -0.789. The molecule has 2 rings (SSSR count). The Balaban J connectivity index is 2.31. The normalized spacial score (nSPS) is 25.1. The van der Waals surface area contributed by atoms with Gasteiger partial charge < -0.3 is 10.2 Å². The van der Waals surface area contributed by atoms with Crippen LogP contribution in [0.4, 0.5) is 0 Å². The van der Waals surface area contributed by atoms with Gasteiger partial charge in [0.05, 0.1) is 11.5 Å². The Hall–Kier alpha value is -1.35. The fourth-order valence-electron chi connectivity index (χ4n) is 2.81. The van der Waals surface area contributed by atoms with Crippen molar-refractivity contribution in [3.63, 3.8) is 0 Å². The van der Waals surface area contributed by atoms with Crippen LogP contribution in [0, 0.1) is 5.41 Å². The van der Waals surface area contributed by atoms with Gasteiger partial charge in [0.2, 0.25) is 0 Å². The number of fused-ring (bicyclic) bond motifs is 1. The second kappa shape index (κ2) is 4.49. The summed E-state index contributed by atoms with van der Waals surface area (Å²) >= 11 is 0. The molecule has 1 aromatic rings. The predicted molar refractivity (Wildman–Crippen MR) is 64.8 cm³/mol. The highest BCUT2D eigenvalue weighted by atomic mass is 16.4. The molecule has 0 aliphatic heterocycles. The second-order valence-electron chi connectivity index (χ2n) is 5.08. The maximum atomic E-state index is 11.5. The maximum absolute atomic E-state index is 11.5. The van der Waals surface area contributed by atoms with E-state index < -0.39 is 17.5 Å². The number of benzene rings is 1. The predicted octanol–water partition coefficient (Wildman–Crippen LogP) is 2.02. The van der Waals surface area contributed by atoms with Gasteiger partial charge in [-0.3, -0.25) is 4.79 Å². The van der Waals surface area contributed by atoms with E-state index in [2.05, 4.69) is 6.07 Å². The molecular weight excluding hydrogens is 216 g/mol. The first kappa shape index (κ1) is 12.1. The highest BCUT2D eigenvalue weighted by Gasteiger charge is 2.42. The lowest BCUT2D eigenvalue weighted by molar-refractivity contribution is -0.151. The molecule has 2 unspecified atom stereocenters. The molecular formula is C14H18O3. The Morgan fingerprint density at radius 2 is 2.06 bits per heavy atom. The quantitative estimate of drug-likeness (QED) is 0.841. The first-order valence-electron chi connectivity index (χ1n) is 6.02. The summed E-state index contributed by atoms with van der Waals surface area (Å²) in [5, 5.41) is 19.0. The molecule has 0 aromatic heterocycles. The van der Waals surface area contributed by atoms with Crippen molar-refractivity contribution in [2.75, 3.05) is 0 Å². The van der Waals surface area contributed by atoms with E-state index in [9.17, 15) is 15.0 Å². The van der Waals surface area contributed by atoms with Crippen LogP contribution in [-0.4, -0.2) is 22.3 Å². The largest absolute Gasteiger partial charge is 0.481 e. The van der Waals surface area contributed by atoms with Crippen LogP contribution in [0.1, 0.15) is 30.9 Å². The molecule has 0 radical (unpaired) electrons. The SMILES string of the molecule is CC(O)CC1(C(=O)O)CCc2ccccc2C1. The summed E-state index contributed by atoms with van der Waals surface area (Å²) in [7, 11) is 0. The van der Waals surface area contributed by atoms with E-state index in [0.29, 0.717) is 19.3 Å². The molecule has 0 spiro atoms. The Morgan fingerprint density at radius 3 is 2.65 bits per heavy atom. The van der Waals surface area contributed by atoms with E-state index in [1.54, 1.807) is 6.92 Å². The molecule has 2 N–H and O–H groups in total. The highest BCUT2D eigenvalue weighted by Crippen LogP contribution is 2.39. The summed E-state index contributed by atoms with van der Waals surface area (Å²) in [5.74, 6) is -0.784. The van der Waals surface area contributed by atoms with Crippen molar-refractivity contribution in [1.29, 1.82) is 0 Å². The van der Waals surface area contributed by atoms with Gasteiger partial charge in [0.25, 0.3) is 0 Å². The number of aliphatic hydroxyl groups is 1. The van der Waals surface area contributed by atoms with Crippen molar-refractivity contribution < 1.29 is 15.0 Å². The van der Waals surface area contributed by atoms with Crippen molar-refractivity contribution in [2.24, 2.45) is 5.41 Å². The van der Waals surface area contributed by atoms with Crippen LogP contribution in [0.25, 0.3) is 0 Å². The zero-order valence-corrected chi connectivity index (χ0v) is 10.0. The lowest BCUT2D eigenvalue weighted by Gasteiger charge is -2.35. The van der Waals surface area contributed by atoms with E-state index in [1.165, 1.54) is 5.56 Å². The van der Waals surface area contributed by atoms with E-state index in [0.717, 1.165) is 12.0 Å². The number of carbonyl (C=O) groups is 1. The molecule has 3 nitrogen and oxygen atoms in total. The van der Waals surface area contributed by atoms with Gasteiger partial charge in [-0.05, 0) is 43.7 Å². The zero-order valence-electron chi connectivity index (χ0n) is 10.0. The van der Waals surface area contributed by atoms with E-state index >= 15 is 0 Å². The fraction of sp³-hybridized carbons (Fsp3) is 0.500. The van der Waals surface area contributed by atoms with Crippen LogP contribution >= 0.6 is 0 Å². The number of hydrogen-bond acceptors (Lipinski definition) is 2. The Labute approximate surface area is 101 Å². The molecule has 0 saturated carbocycles. The summed E-state index contributed by atoms with van der Waals surface area (Å²) in [6, 6.07) is 7.98. The molecule has 0 heterocycles. The third-order valence-corrected chi connectivity index (χ3v) is 3.66. The zero-order chi connectivity index (χ0) is 12.5. The monoisotopic (exact) mass is 234 g/mol. The first-order valence-corrected chi connectivity index (χ1v) is 6.02. The molecule has 3 heteroatoms. The number of aliphatic hydroxyl groups excluding tert-OH is 1. The molecule has 17 heavy (non-hydrogen) atoms. The molecule has 0 saturated heterocycles. The Morgan fingerprint density at radius 1 is 1.41 bits per heavy atom. The van der Waals surface area contributed by atoms with Crippen molar-refractivity contribution in [1.82, 2.24) is 0 Å². The van der Waals surface area contributed by atoms with Gasteiger partial charge in [-0.15, -0.1) is 0 Å². The smallest absolute Gasteiger partial charge is 0.310 e. The van der Waals surface area contributed by atoms with Crippen LogP contribution in [-0.2, 0) is 17.6 Å². The van der Waals surface area contributed by atoms with Gasteiger partial charge in [0, 0.05) is 0 Å². The molecule has 1 aliphatic rings. The highest BCUT2D eigenvalue weighted by molar-refractivity contribution is 5.75. The van der Waals surface area contributed by atoms with E-state index in [4.69, 9.17) is 0 Å². The van der Waals surface area contributed by atoms with Crippen LogP contribution in [0.15, 0.2) is 24.3 Å². The van der Waals surface area contributed by atoms with Crippen LogP contribution in [0.2, 0.25) is 0 Å². The maximum Gasteiger partial charge on any atom is 0.310 e. The Bertz CT molecular complexity index is 425. The van der Waals surface area contributed by atoms with Gasteiger partial charge in [0.1, 0.15) is 0 Å². The fourth-order valence-corrected chi connectivity index (χ4v) is 2.81. The van der Waals surface area contributed by atoms with Gasteiger partial charge in [-0.2, -0.15) is 0 Å². The Kier molecular flexibility index (Phi) is 3.20. The standard InChI is InChI=1S/C14H18O3/c1-10(15)8-14(13(16)17)7-6-11-4-2-3-5-12(11)9-14/h2-5,10,15H,6-9H2,1H3,(H,16,17). The van der Waals surface area contributed by atoms with Crippen molar-refractivity contribution in [3.8, 4) is 0 Å². The molecule has 0 fully saturated rings. The molecule has 1 aromatic carbocycles. The van der Waals surface area contributed by atoms with Crippen LogP contribution < -0.4 is 0 Å². The number of hydrogen-bond donors (Lipinski definition) is 2. The number of aryl methyl sites for hydroxylation is 1. The van der Waals surface area contributed by atoms with E-state index in [-0.39, 0.29) is 0 Å². The van der Waals surface area contributed by atoms with Gasteiger partial charge in [0.15, 0.2) is 0 Å². The van der Waals surface area contributed by atoms with Crippen LogP contribution in [0.3, 0.4) is 0 Å². The number of aliphatic carboxylic acids is 1. The molecule has 2 atom stereocenters. The molecule has 0 bridgehead atoms. The topological polar surface area (TPSA) is 57.5 Å². The van der Waals surface area contributed by atoms with Gasteiger partial charge in [-0.25, -0.2) is 0 Å². The second-order valence-corrected chi connectivity index (χ2v) is 5.08. The summed E-state index contributed by atoms with van der Waals surface area (Å²) < 4.78 is 0. The lowest BCUT2D eigenvalue weighted by atomic mass is 9.68. The summed E-state index contributed by atoms with van der Waals surface area (Å²) in [5.41, 5.74) is 1.57. The summed E-state index contributed by atoms with van der Waals surface area (Å²) in [6.07, 6.45) is 1.69. The number of carboxylic acid groups (broad SMARTS) is 1. The summed E-state index contributed by atoms with van der Waals surface area (Å²) in [6.45, 7) is 1.66. The third-order valence-electron chi connectivity index (χ3n) is 3.66. The van der Waals surface area contributed by atoms with E-state index in [1.807, 2.05) is 18.2 Å². The first-order chi connectivity index (χ1) is 8.03. The minimum absolute atomic E-state index is 0.330. The molecule has 0 amide bonds. The van der Waals surface area contributed by atoms with Gasteiger partial charge >= 0.3 is 5.97 Å². The third kappa shape index (κ3) is 2.34. The van der Waals surface area contributed by atoms with Gasteiger partial charge in [-0.1, -0.05) is 24.3 Å². The van der Waals surface area contributed by atoms with Crippen molar-refractivity contribution >= 4 is 5.97 Å².